The highest BCUT2D eigenvalue weighted by Crippen LogP contribution is 2.35. The Labute approximate surface area is 146 Å². The van der Waals surface area contributed by atoms with Gasteiger partial charge in [0.2, 0.25) is 5.69 Å². The fraction of sp³-hybridized carbons (Fsp3) is 0.353. The number of aryl methyl sites for hydroxylation is 1. The minimum atomic E-state index is -0.141. The van der Waals surface area contributed by atoms with Gasteiger partial charge in [0.1, 0.15) is 17.3 Å². The van der Waals surface area contributed by atoms with Gasteiger partial charge in [-0.15, -0.1) is 0 Å². The first-order valence-electron chi connectivity index (χ1n) is 7.64. The van der Waals surface area contributed by atoms with E-state index in [1.54, 1.807) is 14.2 Å². The van der Waals surface area contributed by atoms with Gasteiger partial charge < -0.3 is 24.7 Å². The summed E-state index contributed by atoms with van der Waals surface area (Å²) in [5.74, 6) is 2.14. The van der Waals surface area contributed by atoms with Crippen molar-refractivity contribution >= 4 is 23.4 Å². The van der Waals surface area contributed by atoms with E-state index in [4.69, 9.17) is 9.47 Å². The third-order valence-corrected chi connectivity index (χ3v) is 4.67. The van der Waals surface area contributed by atoms with Crippen LogP contribution in [-0.4, -0.2) is 18.8 Å². The number of nitrogens with zero attached hydrogens (tertiary/aromatic N) is 1. The van der Waals surface area contributed by atoms with Crippen molar-refractivity contribution in [2.75, 3.05) is 24.9 Å². The van der Waals surface area contributed by atoms with Crippen LogP contribution in [0.5, 0.6) is 11.5 Å². The molecule has 0 spiro atoms. The highest BCUT2D eigenvalue weighted by molar-refractivity contribution is 7.92. The lowest BCUT2D eigenvalue weighted by molar-refractivity contribution is -0.717. The molecule has 1 aliphatic heterocycles. The molecular weight excluding hydrogens is 326 g/mol. The van der Waals surface area contributed by atoms with E-state index in [2.05, 4.69) is 15.2 Å². The SMILES string of the molecule is COc1ccc2c(c1)NC([n+]1cc(C)c(OC)c(C)c1CSO)N2. The molecule has 3 rings (SSSR count). The second-order valence-corrected chi connectivity index (χ2v) is 6.25. The van der Waals surface area contributed by atoms with Gasteiger partial charge in [0.15, 0.2) is 6.20 Å². The van der Waals surface area contributed by atoms with E-state index in [0.717, 1.165) is 51.7 Å². The third-order valence-electron chi connectivity index (χ3n) is 4.27. The molecule has 1 atom stereocenters. The molecule has 0 saturated carbocycles. The Kier molecular flexibility index (Phi) is 4.73. The van der Waals surface area contributed by atoms with Crippen LogP contribution in [0, 0.1) is 13.8 Å². The summed E-state index contributed by atoms with van der Waals surface area (Å²) in [7, 11) is 3.33. The van der Waals surface area contributed by atoms with E-state index in [9.17, 15) is 4.55 Å². The Bertz CT molecular complexity index is 767. The Morgan fingerprint density at radius 3 is 2.58 bits per heavy atom. The Morgan fingerprint density at radius 2 is 1.92 bits per heavy atom. The summed E-state index contributed by atoms with van der Waals surface area (Å²) in [4.78, 5) is 0. The van der Waals surface area contributed by atoms with Gasteiger partial charge in [0.25, 0.3) is 0 Å². The molecule has 6 nitrogen and oxygen atoms in total. The normalized spacial score (nSPS) is 15.5. The first kappa shape index (κ1) is 16.7. The van der Waals surface area contributed by atoms with Gasteiger partial charge >= 0.3 is 6.29 Å². The van der Waals surface area contributed by atoms with E-state index in [1.165, 1.54) is 0 Å². The minimum Gasteiger partial charge on any atom is -0.497 e. The molecule has 1 aromatic heterocycles. The first-order chi connectivity index (χ1) is 11.6. The molecule has 0 radical (unpaired) electrons. The lowest BCUT2D eigenvalue weighted by Gasteiger charge is -2.16. The molecule has 0 amide bonds. The van der Waals surface area contributed by atoms with Gasteiger partial charge in [0.05, 0.1) is 36.7 Å². The summed E-state index contributed by atoms with van der Waals surface area (Å²) >= 11 is 0.805. The Balaban J connectivity index is 2.01. The average Bonchev–Trinajstić information content (AvgIpc) is 3.00. The van der Waals surface area contributed by atoms with Crippen LogP contribution in [0.1, 0.15) is 23.1 Å². The second kappa shape index (κ2) is 6.78. The standard InChI is InChI=1S/C17H21N3O3S/c1-10-8-20(15(9-24-21)11(2)16(10)23-4)17-18-13-6-5-12(22-3)7-14(13)19-17/h5-8,17-19H,9H2,1-4H3/p+1. The Morgan fingerprint density at radius 1 is 1.17 bits per heavy atom. The van der Waals surface area contributed by atoms with Crippen LogP contribution in [-0.2, 0) is 5.75 Å². The maximum atomic E-state index is 9.39. The summed E-state index contributed by atoms with van der Waals surface area (Å²) in [6, 6.07) is 5.88. The van der Waals surface area contributed by atoms with Crippen molar-refractivity contribution in [2.24, 2.45) is 0 Å². The van der Waals surface area contributed by atoms with Crippen LogP contribution in [0.25, 0.3) is 0 Å². The predicted molar refractivity (Wildman–Crippen MR) is 95.9 cm³/mol. The quantitative estimate of drug-likeness (QED) is 0.569. The van der Waals surface area contributed by atoms with Crippen LogP contribution in [0.3, 0.4) is 0 Å². The predicted octanol–water partition coefficient (Wildman–Crippen LogP) is 3.31. The monoisotopic (exact) mass is 348 g/mol. The summed E-state index contributed by atoms with van der Waals surface area (Å²) in [6.45, 7) is 4.03. The number of rotatable bonds is 5. The maximum Gasteiger partial charge on any atom is 0.311 e. The third kappa shape index (κ3) is 2.85. The molecule has 1 aliphatic rings. The molecule has 128 valence electrons. The van der Waals surface area contributed by atoms with Gasteiger partial charge in [-0.05, 0) is 38.0 Å². The van der Waals surface area contributed by atoms with E-state index >= 15 is 0 Å². The number of hydrogen-bond donors (Lipinski definition) is 3. The summed E-state index contributed by atoms with van der Waals surface area (Å²) in [5, 5.41) is 6.91. The van der Waals surface area contributed by atoms with E-state index in [-0.39, 0.29) is 6.29 Å². The lowest BCUT2D eigenvalue weighted by Crippen LogP contribution is -2.49. The minimum absolute atomic E-state index is 0.141. The molecule has 7 heteroatoms. The van der Waals surface area contributed by atoms with Crippen LogP contribution in [0.15, 0.2) is 24.4 Å². The van der Waals surface area contributed by atoms with Crippen molar-refractivity contribution in [2.45, 2.75) is 25.9 Å². The number of nitrogens with one attached hydrogen (secondary N) is 2. The molecule has 0 bridgehead atoms. The fourth-order valence-corrected chi connectivity index (χ4v) is 3.61. The smallest absolute Gasteiger partial charge is 0.311 e. The van der Waals surface area contributed by atoms with Crippen molar-refractivity contribution in [3.05, 3.63) is 41.2 Å². The van der Waals surface area contributed by atoms with Gasteiger partial charge in [-0.25, -0.2) is 0 Å². The van der Waals surface area contributed by atoms with Crippen molar-refractivity contribution in [3.8, 4) is 11.5 Å². The number of ether oxygens (including phenoxy) is 2. The zero-order valence-corrected chi connectivity index (χ0v) is 15.0. The molecule has 3 N–H and O–H groups in total. The van der Waals surface area contributed by atoms with Crippen molar-refractivity contribution in [1.29, 1.82) is 0 Å². The molecule has 2 heterocycles. The molecule has 24 heavy (non-hydrogen) atoms. The number of fused-ring (bicyclic) bond motifs is 1. The van der Waals surface area contributed by atoms with E-state index in [1.807, 2.05) is 38.2 Å². The summed E-state index contributed by atoms with van der Waals surface area (Å²) in [6.07, 6.45) is 1.89. The zero-order valence-electron chi connectivity index (χ0n) is 14.2. The van der Waals surface area contributed by atoms with Gasteiger partial charge in [-0.3, -0.25) is 0 Å². The molecule has 0 fully saturated rings. The van der Waals surface area contributed by atoms with E-state index in [0.29, 0.717) is 5.75 Å². The molecule has 1 unspecified atom stereocenters. The number of anilines is 2. The average molecular weight is 348 g/mol. The topological polar surface area (TPSA) is 66.6 Å². The molecule has 1 aromatic carbocycles. The molecule has 0 aliphatic carbocycles. The molecular formula is C17H22N3O3S+. The van der Waals surface area contributed by atoms with Crippen molar-refractivity contribution in [1.82, 2.24) is 0 Å². The molecule has 2 aromatic rings. The summed E-state index contributed by atoms with van der Waals surface area (Å²) in [5.41, 5.74) is 5.06. The lowest BCUT2D eigenvalue weighted by atomic mass is 10.1. The van der Waals surface area contributed by atoms with Crippen molar-refractivity contribution < 1.29 is 18.6 Å². The first-order valence-corrected chi connectivity index (χ1v) is 8.59. The zero-order chi connectivity index (χ0) is 17.3. The summed E-state index contributed by atoms with van der Waals surface area (Å²) < 4.78 is 22.3. The second-order valence-electron chi connectivity index (χ2n) is 5.70. The van der Waals surface area contributed by atoms with Gasteiger partial charge in [-0.2, -0.15) is 4.57 Å². The van der Waals surface area contributed by atoms with E-state index < -0.39 is 0 Å². The number of methoxy groups -OCH3 is 2. The van der Waals surface area contributed by atoms with Gasteiger partial charge in [-0.1, -0.05) is 0 Å². The van der Waals surface area contributed by atoms with Crippen molar-refractivity contribution in [3.63, 3.8) is 0 Å². The van der Waals surface area contributed by atoms with Crippen LogP contribution in [0.2, 0.25) is 0 Å². The number of pyridine rings is 1. The Hall–Kier alpha value is -2.12. The van der Waals surface area contributed by atoms with Crippen LogP contribution >= 0.6 is 12.0 Å². The highest BCUT2D eigenvalue weighted by Gasteiger charge is 2.32. The number of benzene rings is 1. The fourth-order valence-electron chi connectivity index (χ4n) is 3.12. The van der Waals surface area contributed by atoms with Crippen LogP contribution < -0.4 is 24.7 Å². The molecule has 0 saturated heterocycles. The maximum absolute atomic E-state index is 9.39. The number of hydrogen-bond acceptors (Lipinski definition) is 6. The van der Waals surface area contributed by atoms with Crippen LogP contribution in [0.4, 0.5) is 11.4 Å². The number of aromatic nitrogens is 1. The largest absolute Gasteiger partial charge is 0.497 e. The van der Waals surface area contributed by atoms with Gasteiger partial charge in [0, 0.05) is 6.07 Å². The highest BCUT2D eigenvalue weighted by atomic mass is 32.2.